The van der Waals surface area contributed by atoms with Gasteiger partial charge in [0.2, 0.25) is 0 Å². The number of aliphatic hydroxyl groups excluding tert-OH is 1. The quantitative estimate of drug-likeness (QED) is 0.808. The summed E-state index contributed by atoms with van der Waals surface area (Å²) in [5.74, 6) is -0.0442. The molecule has 92 valence electrons. The summed E-state index contributed by atoms with van der Waals surface area (Å²) in [7, 11) is 0. The Bertz CT molecular complexity index is 574. The summed E-state index contributed by atoms with van der Waals surface area (Å²) in [6, 6.07) is 12.7. The molecule has 0 spiro atoms. The highest BCUT2D eigenvalue weighted by atomic mass is 19.1. The third kappa shape index (κ3) is 1.83. The average molecular weight is 242 g/mol. The van der Waals surface area contributed by atoms with E-state index >= 15 is 0 Å². The Morgan fingerprint density at radius 3 is 2.50 bits per heavy atom. The Hall–Kier alpha value is -1.67. The number of rotatable bonds is 1. The van der Waals surface area contributed by atoms with Crippen LogP contribution in [-0.4, -0.2) is 5.11 Å². The number of fused-ring (bicyclic) bond motifs is 1. The molecule has 0 amide bonds. The molecule has 1 aliphatic rings. The van der Waals surface area contributed by atoms with Gasteiger partial charge in [0.15, 0.2) is 0 Å². The van der Waals surface area contributed by atoms with Gasteiger partial charge in [-0.25, -0.2) is 4.39 Å². The Morgan fingerprint density at radius 1 is 1.06 bits per heavy atom. The lowest BCUT2D eigenvalue weighted by Crippen LogP contribution is -1.97. The number of aliphatic hydroxyl groups is 1. The van der Waals surface area contributed by atoms with Gasteiger partial charge < -0.3 is 5.11 Å². The maximum Gasteiger partial charge on any atom is 0.123 e. The molecule has 0 unspecified atom stereocenters. The van der Waals surface area contributed by atoms with Gasteiger partial charge in [-0.15, -0.1) is 0 Å². The normalized spacial score (nSPS) is 21.9. The number of aryl methyl sites for hydroxylation is 1. The average Bonchev–Trinajstić information content (AvgIpc) is 2.67. The van der Waals surface area contributed by atoms with Crippen LogP contribution in [0.15, 0.2) is 42.5 Å². The molecule has 2 aromatic rings. The molecule has 18 heavy (non-hydrogen) atoms. The van der Waals surface area contributed by atoms with Gasteiger partial charge in [-0.3, -0.25) is 0 Å². The van der Waals surface area contributed by atoms with Crippen LogP contribution in [0.5, 0.6) is 0 Å². The maximum atomic E-state index is 13.0. The monoisotopic (exact) mass is 242 g/mol. The molecule has 1 nitrogen and oxygen atoms in total. The van der Waals surface area contributed by atoms with E-state index in [1.807, 2.05) is 31.2 Å². The summed E-state index contributed by atoms with van der Waals surface area (Å²) in [6.07, 6.45) is 0.278. The van der Waals surface area contributed by atoms with E-state index in [1.165, 1.54) is 23.3 Å². The van der Waals surface area contributed by atoms with Crippen molar-refractivity contribution in [1.82, 2.24) is 0 Å². The van der Waals surface area contributed by atoms with Crippen molar-refractivity contribution in [3.8, 4) is 0 Å². The first-order valence-electron chi connectivity index (χ1n) is 6.19. The van der Waals surface area contributed by atoms with Crippen LogP contribution < -0.4 is 0 Å². The van der Waals surface area contributed by atoms with Gasteiger partial charge in [0.05, 0.1) is 6.10 Å². The molecule has 0 heterocycles. The molecule has 1 N–H and O–H groups in total. The molecule has 0 radical (unpaired) electrons. The molecule has 0 aromatic heterocycles. The number of benzene rings is 2. The summed E-state index contributed by atoms with van der Waals surface area (Å²) in [5.41, 5.74) is 4.44. The van der Waals surface area contributed by atoms with E-state index in [-0.39, 0.29) is 11.7 Å². The van der Waals surface area contributed by atoms with Gasteiger partial charge in [-0.2, -0.15) is 0 Å². The van der Waals surface area contributed by atoms with Gasteiger partial charge in [-0.05, 0) is 42.2 Å². The van der Waals surface area contributed by atoms with E-state index in [4.69, 9.17) is 0 Å². The van der Waals surface area contributed by atoms with Gasteiger partial charge in [-0.1, -0.05) is 35.9 Å². The van der Waals surface area contributed by atoms with Crippen molar-refractivity contribution in [2.24, 2.45) is 0 Å². The first-order chi connectivity index (χ1) is 8.65. The second-order valence-corrected chi connectivity index (χ2v) is 4.99. The Balaban J connectivity index is 2.06. The number of halogens is 1. The van der Waals surface area contributed by atoms with Crippen LogP contribution in [0.25, 0.3) is 0 Å². The highest BCUT2D eigenvalue weighted by molar-refractivity contribution is 5.45. The van der Waals surface area contributed by atoms with E-state index in [2.05, 4.69) is 6.07 Å². The lowest BCUT2D eigenvalue weighted by atomic mass is 9.92. The first-order valence-corrected chi connectivity index (χ1v) is 6.19. The largest absolute Gasteiger partial charge is 0.388 e. The lowest BCUT2D eigenvalue weighted by molar-refractivity contribution is 0.176. The van der Waals surface area contributed by atoms with Crippen LogP contribution in [0.4, 0.5) is 4.39 Å². The molecule has 0 aliphatic heterocycles. The van der Waals surface area contributed by atoms with Gasteiger partial charge >= 0.3 is 0 Å². The molecule has 0 saturated heterocycles. The van der Waals surface area contributed by atoms with E-state index in [0.717, 1.165) is 11.1 Å². The van der Waals surface area contributed by atoms with Gasteiger partial charge in [0.1, 0.15) is 5.82 Å². The molecule has 0 bridgehead atoms. The van der Waals surface area contributed by atoms with Crippen LogP contribution in [0, 0.1) is 12.7 Å². The van der Waals surface area contributed by atoms with Crippen molar-refractivity contribution < 1.29 is 9.50 Å². The SMILES string of the molecule is Cc1ccc2c(c1)[C@@H](c1ccc(F)cc1)C[C@@H]2O. The molecular formula is C16H15FO. The Kier molecular flexibility index (Phi) is 2.67. The predicted octanol–water partition coefficient (Wildman–Crippen LogP) is 3.70. The zero-order chi connectivity index (χ0) is 12.7. The minimum Gasteiger partial charge on any atom is -0.388 e. The molecule has 2 aromatic carbocycles. The van der Waals surface area contributed by atoms with E-state index < -0.39 is 6.10 Å². The fourth-order valence-electron chi connectivity index (χ4n) is 2.79. The molecule has 0 fully saturated rings. The molecular weight excluding hydrogens is 227 g/mol. The molecule has 0 saturated carbocycles. The second kappa shape index (κ2) is 4.21. The Morgan fingerprint density at radius 2 is 1.78 bits per heavy atom. The molecule has 2 heteroatoms. The van der Waals surface area contributed by atoms with Crippen LogP contribution in [0.3, 0.4) is 0 Å². The van der Waals surface area contributed by atoms with Crippen molar-refractivity contribution >= 4 is 0 Å². The number of hydrogen-bond donors (Lipinski definition) is 1. The highest BCUT2D eigenvalue weighted by Gasteiger charge is 2.30. The first kappa shape index (κ1) is 11.4. The third-order valence-corrected chi connectivity index (χ3v) is 3.71. The topological polar surface area (TPSA) is 20.2 Å². The van der Waals surface area contributed by atoms with E-state index in [1.54, 1.807) is 0 Å². The summed E-state index contributed by atoms with van der Waals surface area (Å²) < 4.78 is 13.0. The molecule has 2 atom stereocenters. The van der Waals surface area contributed by atoms with E-state index in [0.29, 0.717) is 6.42 Å². The fraction of sp³-hybridized carbons (Fsp3) is 0.250. The fourth-order valence-corrected chi connectivity index (χ4v) is 2.79. The zero-order valence-electron chi connectivity index (χ0n) is 10.2. The predicted molar refractivity (Wildman–Crippen MR) is 69.0 cm³/mol. The summed E-state index contributed by atoms with van der Waals surface area (Å²) >= 11 is 0. The molecule has 1 aliphatic carbocycles. The van der Waals surface area contributed by atoms with Gasteiger partial charge in [0, 0.05) is 5.92 Å². The zero-order valence-corrected chi connectivity index (χ0v) is 10.2. The van der Waals surface area contributed by atoms with Crippen molar-refractivity contribution in [3.63, 3.8) is 0 Å². The summed E-state index contributed by atoms with van der Waals surface area (Å²) in [4.78, 5) is 0. The second-order valence-electron chi connectivity index (χ2n) is 4.99. The lowest BCUT2D eigenvalue weighted by Gasteiger charge is -2.12. The maximum absolute atomic E-state index is 13.0. The summed E-state index contributed by atoms with van der Waals surface area (Å²) in [5, 5.41) is 10.1. The number of hydrogen-bond acceptors (Lipinski definition) is 1. The minimum absolute atomic E-state index is 0.176. The van der Waals surface area contributed by atoms with Crippen LogP contribution in [0.1, 0.15) is 40.7 Å². The molecule has 3 rings (SSSR count). The van der Waals surface area contributed by atoms with Crippen LogP contribution in [-0.2, 0) is 0 Å². The third-order valence-electron chi connectivity index (χ3n) is 3.71. The van der Waals surface area contributed by atoms with Crippen LogP contribution >= 0.6 is 0 Å². The Labute approximate surface area is 106 Å². The van der Waals surface area contributed by atoms with Crippen molar-refractivity contribution in [2.75, 3.05) is 0 Å². The van der Waals surface area contributed by atoms with Crippen molar-refractivity contribution in [3.05, 3.63) is 70.5 Å². The minimum atomic E-state index is -0.407. The van der Waals surface area contributed by atoms with Crippen molar-refractivity contribution in [2.45, 2.75) is 25.4 Å². The van der Waals surface area contributed by atoms with Crippen molar-refractivity contribution in [1.29, 1.82) is 0 Å². The smallest absolute Gasteiger partial charge is 0.123 e. The summed E-state index contributed by atoms with van der Waals surface area (Å²) in [6.45, 7) is 2.05. The van der Waals surface area contributed by atoms with Crippen LogP contribution in [0.2, 0.25) is 0 Å². The highest BCUT2D eigenvalue weighted by Crippen LogP contribution is 2.44. The van der Waals surface area contributed by atoms with E-state index in [9.17, 15) is 9.50 Å². The standard InChI is InChI=1S/C16H15FO/c1-10-2-7-13-15(8-10)14(9-16(13)18)11-3-5-12(17)6-4-11/h2-8,14,16,18H,9H2,1H3/t14-,16+/m1/s1. The van der Waals surface area contributed by atoms with Gasteiger partial charge in [0.25, 0.3) is 0 Å².